The number of anilines is 1. The van der Waals surface area contributed by atoms with Gasteiger partial charge in [-0.1, -0.05) is 27.7 Å². The molecule has 2 saturated heterocycles. The minimum absolute atomic E-state index is 0.00568. The quantitative estimate of drug-likeness (QED) is 0.0108. The van der Waals surface area contributed by atoms with Gasteiger partial charge in [0, 0.05) is 187 Å². The molecule has 6 heterocycles. The summed E-state index contributed by atoms with van der Waals surface area (Å²) in [7, 11) is 2.95. The SMILES string of the molecule is CCNC(=O)C(=N)N(C(=N)c1cc(C(C)C)c(O)cc1O)c1ccc2c(ccn2CCC2CCN(C(=O)CC(CC(=O)N3CCC(CCn4cc5c6cc(ccc64)-n4c(C(=O)NCC)nnc4-c4cc(c(O)cc4O)C5C)CC3)NC(=O)CCNC(=O)[C@@H](CCC(=O)O)NC(=O)[C@@H](CCC(=O)O)NC(=O)C(CCC(=O)O)NC(=O)COCCOCCNC(=O)CC[C@H](C(=O)O)N(CC)CCN(C)CC(=O)OC)CC2)c1. The fourth-order valence-corrected chi connectivity index (χ4v) is 18.2. The number of likely N-dealkylation sites (N-methyl/N-ethyl adjacent to an activating group) is 3. The van der Waals surface area contributed by atoms with Gasteiger partial charge < -0.3 is 117 Å². The van der Waals surface area contributed by atoms with Crippen LogP contribution in [0, 0.1) is 22.7 Å². The Balaban J connectivity index is 0.761. The molecular formula is C99H134N20O26. The molecule has 145 heavy (non-hydrogen) atoms. The number of hydrogen-bond acceptors (Lipinski definition) is 28. The van der Waals surface area contributed by atoms with Crippen molar-refractivity contribution < 1.29 is 127 Å². The lowest BCUT2D eigenvalue weighted by molar-refractivity contribution is -0.145. The average Bonchev–Trinajstić information content (AvgIpc) is 1.72. The number of aryl methyl sites for hydroxylation is 2. The maximum absolute atomic E-state index is 14.7. The molecule has 0 aliphatic carbocycles. The minimum Gasteiger partial charge on any atom is -0.508 e. The topological polar surface area (TPSA) is 646 Å². The van der Waals surface area contributed by atoms with Crippen LogP contribution in [0.2, 0.25) is 0 Å². The molecule has 3 unspecified atom stereocenters. The Morgan fingerprint density at radius 3 is 1.75 bits per heavy atom. The molecule has 10 amide bonds. The first-order chi connectivity index (χ1) is 69.2. The van der Waals surface area contributed by atoms with Crippen molar-refractivity contribution in [1.82, 2.24) is 86.0 Å². The third kappa shape index (κ3) is 31.2. The lowest BCUT2D eigenvalue weighted by Gasteiger charge is -2.34. The predicted octanol–water partition coefficient (Wildman–Crippen LogP) is 4.54. The number of amides is 10. The highest BCUT2D eigenvalue weighted by Crippen LogP contribution is 2.45. The van der Waals surface area contributed by atoms with E-state index in [0.717, 1.165) is 38.3 Å². The van der Waals surface area contributed by atoms with Gasteiger partial charge in [-0.25, -0.2) is 0 Å². The van der Waals surface area contributed by atoms with E-state index >= 15 is 0 Å². The van der Waals surface area contributed by atoms with Crippen molar-refractivity contribution in [2.45, 2.75) is 206 Å². The highest BCUT2D eigenvalue weighted by Gasteiger charge is 2.37. The molecule has 786 valence electrons. The standard InChI is InChI=1S/C99H134N20O26/c1-9-102-97(139)91(101)118(90(100)68-50-65(57(4)5)77(120)52-79(68)122)63-12-17-74-61(46-63)31-40-114(74)34-25-59-26-35-115(36-27-59)84(127)47-62(48-85(128)116-37-28-60(29-38-116)30-39-117-54-70-58(6)66-51-69(80(123)53-78(66)121)92-110-111-93(98(140)103-10-2)119(92)64-13-18-75(117)67(70)49-64)106-82(125)24-32-105-94(136)71(14-21-86(129)130)108-96(138)73(16-23-88(133)134)109-95(137)72(15-22-87(131)132)107-83(126)56-145-45-44-144-43-33-104-81(124)20-19-76(99(141)142)113(11-3)42-41-112(7)55-89(135)143-8/h12-13,17-18,31,40,46,49-54,57-60,62,71-73,76,100-101,120-123H,9-11,14-16,19-30,32-39,41-45,47-48,55-56H2,1-8H3,(H,102,139)(H,103,140)(H,104,124)(H,105,136)(H,106,125)(H,107,126)(H,108,138)(H,109,137)(H,129,130)(H,131,132)(H,133,134)(H,141,142)/t58?,62?,71-,72?,73-,76-/m1/s1. The number of ether oxygens (including phenoxy) is 3. The average molecular weight is 2020 g/mol. The van der Waals surface area contributed by atoms with Crippen molar-refractivity contribution in [3.8, 4) is 40.1 Å². The molecule has 10 rings (SSSR count). The molecule has 46 heteroatoms. The first-order valence-electron chi connectivity index (χ1n) is 48.9. The molecule has 4 bridgehead atoms. The molecule has 3 aliphatic rings. The van der Waals surface area contributed by atoms with Gasteiger partial charge in [-0.15, -0.1) is 10.2 Å². The van der Waals surface area contributed by atoms with Crippen LogP contribution in [0.15, 0.2) is 79.1 Å². The fraction of sp³-hybridized carbons (Fsp3) is 0.525. The molecule has 3 aromatic heterocycles. The highest BCUT2D eigenvalue weighted by atomic mass is 16.5. The first kappa shape index (κ1) is 112. The number of esters is 1. The van der Waals surface area contributed by atoms with Crippen LogP contribution in [0.3, 0.4) is 0 Å². The number of aliphatic carboxylic acids is 4. The highest BCUT2D eigenvalue weighted by molar-refractivity contribution is 6.48. The number of carboxylic acids is 4. The van der Waals surface area contributed by atoms with Crippen molar-refractivity contribution in [2.24, 2.45) is 11.8 Å². The number of aromatic hydroxyl groups is 4. The van der Waals surface area contributed by atoms with E-state index in [1.807, 2.05) is 63.5 Å². The van der Waals surface area contributed by atoms with Crippen molar-refractivity contribution >= 4 is 128 Å². The Hall–Kier alpha value is -14.7. The van der Waals surface area contributed by atoms with E-state index in [2.05, 4.69) is 66.6 Å². The number of nitrogens with zero attached hydrogens (tertiary/aromatic N) is 10. The molecule has 0 radical (unpaired) electrons. The Labute approximate surface area is 837 Å². The number of carbonyl (C=O) groups excluding carboxylic acids is 11. The molecule has 3 aliphatic heterocycles. The number of carboxylic acid groups (broad SMARTS) is 4. The number of nitrogens with one attached hydrogen (secondary N) is 10. The van der Waals surface area contributed by atoms with Gasteiger partial charge in [-0.05, 0) is 175 Å². The number of fused-ring (bicyclic) bond motifs is 7. The Morgan fingerprint density at radius 1 is 0.566 bits per heavy atom. The fourth-order valence-electron chi connectivity index (χ4n) is 18.2. The summed E-state index contributed by atoms with van der Waals surface area (Å²) >= 11 is 0. The number of likely N-dealkylation sites (tertiary alicyclic amines) is 2. The van der Waals surface area contributed by atoms with E-state index in [-0.39, 0.29) is 141 Å². The summed E-state index contributed by atoms with van der Waals surface area (Å²) in [5.41, 5.74) is 4.62. The molecule has 0 spiro atoms. The molecule has 4 aromatic carbocycles. The predicted molar refractivity (Wildman–Crippen MR) is 528 cm³/mol. The van der Waals surface area contributed by atoms with Crippen LogP contribution in [0.1, 0.15) is 195 Å². The normalized spacial score (nSPS) is 14.7. The second-order valence-electron chi connectivity index (χ2n) is 36.7. The number of rotatable bonds is 54. The van der Waals surface area contributed by atoms with Crippen molar-refractivity contribution in [3.05, 3.63) is 107 Å². The maximum Gasteiger partial charge on any atom is 0.320 e. The number of aromatic nitrogens is 5. The summed E-state index contributed by atoms with van der Waals surface area (Å²) < 4.78 is 21.3. The molecular weight excluding hydrogens is 1890 g/mol. The number of amidine groups is 2. The van der Waals surface area contributed by atoms with Gasteiger partial charge >= 0.3 is 29.8 Å². The summed E-state index contributed by atoms with van der Waals surface area (Å²) in [6.07, 6.45) is 2.50. The summed E-state index contributed by atoms with van der Waals surface area (Å²) in [5, 5.41) is 132. The van der Waals surface area contributed by atoms with Crippen LogP contribution in [-0.2, 0) is 94.4 Å². The van der Waals surface area contributed by atoms with Gasteiger partial charge in [0.15, 0.2) is 11.7 Å². The lowest BCUT2D eigenvalue weighted by atomic mass is 9.90. The van der Waals surface area contributed by atoms with Gasteiger partial charge in [0.2, 0.25) is 53.1 Å². The Morgan fingerprint density at radius 2 is 1.16 bits per heavy atom. The van der Waals surface area contributed by atoms with E-state index in [1.54, 1.807) is 70.2 Å². The number of carbonyl (C=O) groups is 15. The summed E-state index contributed by atoms with van der Waals surface area (Å²) in [4.78, 5) is 206. The summed E-state index contributed by atoms with van der Waals surface area (Å²) in [5.74, 6) is -15.3. The zero-order valence-corrected chi connectivity index (χ0v) is 82.8. The maximum atomic E-state index is 14.7. The van der Waals surface area contributed by atoms with Gasteiger partial charge in [-0.3, -0.25) is 102 Å². The van der Waals surface area contributed by atoms with E-state index in [0.29, 0.717) is 126 Å². The molecule has 2 fully saturated rings. The third-order valence-electron chi connectivity index (χ3n) is 26.3. The lowest BCUT2D eigenvalue weighted by Crippen LogP contribution is -2.57. The molecule has 0 saturated carbocycles. The number of piperidine rings is 2. The van der Waals surface area contributed by atoms with Crippen molar-refractivity contribution in [1.29, 1.82) is 10.8 Å². The molecule has 7 aromatic rings. The largest absolute Gasteiger partial charge is 0.508 e. The number of phenolic OH excluding ortho intramolecular Hbond substituents is 4. The van der Waals surface area contributed by atoms with Crippen LogP contribution in [0.25, 0.3) is 38.9 Å². The Bertz CT molecular complexity index is 5860. The van der Waals surface area contributed by atoms with Crippen molar-refractivity contribution in [3.63, 3.8) is 0 Å². The number of phenols is 4. The zero-order valence-electron chi connectivity index (χ0n) is 82.8. The minimum atomic E-state index is -1.81. The van der Waals surface area contributed by atoms with Crippen molar-refractivity contribution in [2.75, 3.05) is 124 Å². The van der Waals surface area contributed by atoms with Crippen LogP contribution in [-0.4, -0.2) is 334 Å². The third-order valence-corrected chi connectivity index (χ3v) is 26.3. The Kier molecular flexibility index (Phi) is 41.5. The summed E-state index contributed by atoms with van der Waals surface area (Å²) in [6.45, 7) is 13.4. The van der Waals surface area contributed by atoms with E-state index < -0.39 is 183 Å². The number of methoxy groups -OCH3 is 1. The number of benzene rings is 4. The van der Waals surface area contributed by atoms with E-state index in [4.69, 9.17) is 14.9 Å². The number of hydrogen-bond donors (Lipinski definition) is 18. The second kappa shape index (κ2) is 53.6. The van der Waals surface area contributed by atoms with Crippen LogP contribution >= 0.6 is 0 Å². The first-order valence-corrected chi connectivity index (χ1v) is 48.9. The second-order valence-corrected chi connectivity index (χ2v) is 36.7. The summed E-state index contributed by atoms with van der Waals surface area (Å²) in [6, 6.07) is 11.0. The molecule has 46 nitrogen and oxygen atoms in total. The van der Waals surface area contributed by atoms with Gasteiger partial charge in [0.1, 0.15) is 59.6 Å². The van der Waals surface area contributed by atoms with Gasteiger partial charge in [0.25, 0.3) is 11.8 Å². The van der Waals surface area contributed by atoms with Gasteiger partial charge in [0.05, 0.1) is 56.0 Å². The smallest absolute Gasteiger partial charge is 0.320 e. The van der Waals surface area contributed by atoms with Crippen LogP contribution < -0.4 is 47.4 Å². The zero-order chi connectivity index (χ0) is 106. The van der Waals surface area contributed by atoms with Crippen LogP contribution in [0.5, 0.6) is 23.0 Å². The van der Waals surface area contributed by atoms with Gasteiger partial charge in [-0.2, -0.15) is 0 Å². The molecule has 18 N–H and O–H groups in total. The van der Waals surface area contributed by atoms with Crippen LogP contribution in [0.4, 0.5) is 5.69 Å². The van der Waals surface area contributed by atoms with E-state index in [9.17, 15) is 118 Å². The molecule has 6 atom stereocenters. The van der Waals surface area contributed by atoms with E-state index in [1.165, 1.54) is 19.2 Å². The monoisotopic (exact) mass is 2020 g/mol.